The van der Waals surface area contributed by atoms with Gasteiger partial charge in [0.1, 0.15) is 0 Å². The van der Waals surface area contributed by atoms with Gasteiger partial charge in [0.15, 0.2) is 0 Å². The van der Waals surface area contributed by atoms with E-state index in [0.29, 0.717) is 0 Å². The van der Waals surface area contributed by atoms with Gasteiger partial charge < -0.3 is 4.90 Å². The first-order valence-electron chi connectivity index (χ1n) is 8.43. The number of hydrogen-bond donors (Lipinski definition) is 0. The Balaban J connectivity index is 1.61. The number of hydrogen-bond acceptors (Lipinski definition) is 2. The van der Waals surface area contributed by atoms with Gasteiger partial charge in [-0.05, 0) is 43.9 Å². The number of carbonyl (C=O) groups is 1. The van der Waals surface area contributed by atoms with Crippen LogP contribution in [0, 0.1) is 0 Å². The molecule has 2 aliphatic heterocycles. The van der Waals surface area contributed by atoms with Crippen LogP contribution in [0.5, 0.6) is 0 Å². The number of carbonyl (C=O) groups excluding carboxylic acids is 1. The molecule has 4 nitrogen and oxygen atoms in total. The maximum Gasteiger partial charge on any atom is 0.417 e. The number of piperidine rings is 1. The zero-order valence-corrected chi connectivity index (χ0v) is 13.5. The van der Waals surface area contributed by atoms with Crippen molar-refractivity contribution in [3.63, 3.8) is 0 Å². The maximum atomic E-state index is 13.3. The first-order chi connectivity index (χ1) is 11.9. The average Bonchev–Trinajstić information content (AvgIpc) is 3.20. The van der Waals surface area contributed by atoms with E-state index >= 15 is 0 Å². The number of alkyl halides is 3. The fraction of sp³-hybridized carbons (Fsp3) is 0.444. The summed E-state index contributed by atoms with van der Waals surface area (Å²) in [7, 11) is 0. The van der Waals surface area contributed by atoms with Crippen molar-refractivity contribution in [1.29, 1.82) is 0 Å². The van der Waals surface area contributed by atoms with E-state index in [0.717, 1.165) is 31.7 Å². The van der Waals surface area contributed by atoms with Crippen LogP contribution < -0.4 is 0 Å². The Morgan fingerprint density at radius 3 is 2.32 bits per heavy atom. The van der Waals surface area contributed by atoms with Crippen LogP contribution in [0.4, 0.5) is 13.2 Å². The van der Waals surface area contributed by atoms with Crippen LogP contribution >= 0.6 is 0 Å². The van der Waals surface area contributed by atoms with Crippen molar-refractivity contribution in [2.45, 2.75) is 50.0 Å². The second kappa shape index (κ2) is 5.89. The molecule has 0 saturated carbocycles. The summed E-state index contributed by atoms with van der Waals surface area (Å²) in [5.74, 6) is -0.501. The molecule has 0 spiro atoms. The summed E-state index contributed by atoms with van der Waals surface area (Å²) in [5.41, 5.74) is -1.10. The molecule has 3 heterocycles. The molecule has 2 saturated heterocycles. The molecule has 2 bridgehead atoms. The Kier molecular flexibility index (Phi) is 3.81. The third kappa shape index (κ3) is 2.81. The minimum Gasteiger partial charge on any atom is -0.333 e. The lowest BCUT2D eigenvalue weighted by molar-refractivity contribution is -0.138. The van der Waals surface area contributed by atoms with Gasteiger partial charge in [0.25, 0.3) is 5.91 Å². The van der Waals surface area contributed by atoms with Crippen molar-refractivity contribution >= 4 is 5.91 Å². The van der Waals surface area contributed by atoms with Gasteiger partial charge in [0.2, 0.25) is 0 Å². The quantitative estimate of drug-likeness (QED) is 0.824. The molecule has 132 valence electrons. The molecule has 7 heteroatoms. The minimum absolute atomic E-state index is 0.0262. The summed E-state index contributed by atoms with van der Waals surface area (Å²) in [6.07, 6.45) is 2.24. The molecule has 2 fully saturated rings. The first-order valence-corrected chi connectivity index (χ1v) is 8.43. The third-order valence-corrected chi connectivity index (χ3v) is 5.30. The molecule has 1 aromatic carbocycles. The summed E-state index contributed by atoms with van der Waals surface area (Å²) in [4.78, 5) is 14.6. The second-order valence-corrected chi connectivity index (χ2v) is 6.75. The highest BCUT2D eigenvalue weighted by molar-refractivity contribution is 5.96. The van der Waals surface area contributed by atoms with Crippen LogP contribution in [0.3, 0.4) is 0 Å². The highest BCUT2D eigenvalue weighted by Crippen LogP contribution is 2.42. The van der Waals surface area contributed by atoms with Crippen LogP contribution in [-0.4, -0.2) is 32.7 Å². The van der Waals surface area contributed by atoms with Crippen LogP contribution in [0.2, 0.25) is 0 Å². The van der Waals surface area contributed by atoms with Gasteiger partial charge in [-0.3, -0.25) is 9.48 Å². The summed E-state index contributed by atoms with van der Waals surface area (Å²) in [6.45, 7) is 0. The van der Waals surface area contributed by atoms with Gasteiger partial charge in [0.05, 0.1) is 17.2 Å². The predicted octanol–water partition coefficient (Wildman–Crippen LogP) is 3.91. The Hall–Kier alpha value is -2.31. The fourth-order valence-corrected chi connectivity index (χ4v) is 4.25. The topological polar surface area (TPSA) is 38.1 Å². The Morgan fingerprint density at radius 1 is 1.04 bits per heavy atom. The van der Waals surface area contributed by atoms with Crippen molar-refractivity contribution in [2.24, 2.45) is 0 Å². The van der Waals surface area contributed by atoms with Gasteiger partial charge in [-0.1, -0.05) is 12.1 Å². The Morgan fingerprint density at radius 2 is 1.72 bits per heavy atom. The van der Waals surface area contributed by atoms with Crippen molar-refractivity contribution < 1.29 is 18.0 Å². The molecule has 1 aromatic heterocycles. The van der Waals surface area contributed by atoms with Crippen molar-refractivity contribution in [2.75, 3.05) is 0 Å². The fourth-order valence-electron chi connectivity index (χ4n) is 4.25. The normalized spacial score (nSPS) is 26.0. The number of rotatable bonds is 2. The van der Waals surface area contributed by atoms with E-state index in [1.54, 1.807) is 11.1 Å². The lowest BCUT2D eigenvalue weighted by Crippen LogP contribution is -2.47. The summed E-state index contributed by atoms with van der Waals surface area (Å²) in [5, 5.41) is 4.28. The van der Waals surface area contributed by atoms with Gasteiger partial charge in [-0.15, -0.1) is 0 Å². The summed E-state index contributed by atoms with van der Waals surface area (Å²) in [6, 6.07) is 7.08. The SMILES string of the molecule is O=C(c1ccccc1C(F)(F)F)N1C2CCC1CC(n1cccn1)C2. The molecule has 25 heavy (non-hydrogen) atoms. The largest absolute Gasteiger partial charge is 0.417 e. The van der Waals surface area contributed by atoms with Gasteiger partial charge >= 0.3 is 6.18 Å². The summed E-state index contributed by atoms with van der Waals surface area (Å²) >= 11 is 0. The zero-order valence-electron chi connectivity index (χ0n) is 13.5. The minimum atomic E-state index is -4.53. The highest BCUT2D eigenvalue weighted by atomic mass is 19.4. The number of aromatic nitrogens is 2. The molecule has 2 aliphatic rings. The monoisotopic (exact) mass is 349 g/mol. The highest BCUT2D eigenvalue weighted by Gasteiger charge is 2.45. The average molecular weight is 349 g/mol. The third-order valence-electron chi connectivity index (χ3n) is 5.30. The van der Waals surface area contributed by atoms with Crippen LogP contribution in [0.1, 0.15) is 47.6 Å². The van der Waals surface area contributed by atoms with Gasteiger partial charge in [-0.2, -0.15) is 18.3 Å². The van der Waals surface area contributed by atoms with Crippen molar-refractivity contribution in [1.82, 2.24) is 14.7 Å². The second-order valence-electron chi connectivity index (χ2n) is 6.75. The Bertz CT molecular complexity index is 758. The molecular formula is C18H18F3N3O. The number of fused-ring (bicyclic) bond motifs is 2. The van der Waals surface area contributed by atoms with Crippen LogP contribution in [-0.2, 0) is 6.18 Å². The van der Waals surface area contributed by atoms with E-state index in [9.17, 15) is 18.0 Å². The number of amides is 1. The number of halogens is 3. The molecular weight excluding hydrogens is 331 g/mol. The molecule has 4 rings (SSSR count). The van der Waals surface area contributed by atoms with Gasteiger partial charge in [-0.25, -0.2) is 0 Å². The van der Waals surface area contributed by atoms with E-state index in [2.05, 4.69) is 5.10 Å². The number of benzene rings is 1. The molecule has 1 amide bonds. The van der Waals surface area contributed by atoms with Crippen LogP contribution in [0.15, 0.2) is 42.7 Å². The van der Waals surface area contributed by atoms with E-state index < -0.39 is 17.6 Å². The predicted molar refractivity (Wildman–Crippen MR) is 84.9 cm³/mol. The Labute approximate surface area is 143 Å². The molecule has 2 unspecified atom stereocenters. The van der Waals surface area contributed by atoms with Crippen molar-refractivity contribution in [3.05, 3.63) is 53.9 Å². The smallest absolute Gasteiger partial charge is 0.333 e. The van der Waals surface area contributed by atoms with Crippen molar-refractivity contribution in [3.8, 4) is 0 Å². The van der Waals surface area contributed by atoms with E-state index in [1.165, 1.54) is 18.2 Å². The number of nitrogens with zero attached hydrogens (tertiary/aromatic N) is 3. The maximum absolute atomic E-state index is 13.3. The first kappa shape index (κ1) is 16.2. The summed E-state index contributed by atoms with van der Waals surface area (Å²) < 4.78 is 41.7. The molecule has 0 aliphatic carbocycles. The van der Waals surface area contributed by atoms with Crippen LogP contribution in [0.25, 0.3) is 0 Å². The van der Waals surface area contributed by atoms with E-state index in [1.807, 2.05) is 16.9 Å². The molecule has 2 aromatic rings. The lowest BCUT2D eigenvalue weighted by Gasteiger charge is -2.39. The lowest BCUT2D eigenvalue weighted by atomic mass is 9.95. The standard InChI is InChI=1S/C18H18F3N3O/c19-18(20,21)16-5-2-1-4-15(16)17(25)24-12-6-7-13(24)11-14(10-12)23-9-3-8-22-23/h1-5,8-9,12-14H,6-7,10-11H2. The van der Waals surface area contributed by atoms with E-state index in [-0.39, 0.29) is 23.7 Å². The zero-order chi connectivity index (χ0) is 17.6. The molecule has 0 N–H and O–H groups in total. The molecule has 0 radical (unpaired) electrons. The van der Waals surface area contributed by atoms with Gasteiger partial charge in [0, 0.05) is 24.5 Å². The molecule has 2 atom stereocenters. The van der Waals surface area contributed by atoms with E-state index in [4.69, 9.17) is 0 Å².